The normalized spacial score (nSPS) is 20.0. The summed E-state index contributed by atoms with van der Waals surface area (Å²) in [4.78, 5) is 8.20. The van der Waals surface area contributed by atoms with Crippen molar-refractivity contribution >= 4 is 16.6 Å². The molecule has 126 valence electrons. The number of hydrogen-bond donors (Lipinski definition) is 2. The monoisotopic (exact) mass is 337 g/mol. The maximum absolute atomic E-state index is 9.85. The first-order chi connectivity index (χ1) is 12.2. The lowest BCUT2D eigenvalue weighted by Gasteiger charge is -2.31. The third-order valence-corrected chi connectivity index (χ3v) is 4.43. The lowest BCUT2D eigenvalue weighted by molar-refractivity contribution is 0.0944. The first kappa shape index (κ1) is 14.2. The molecule has 0 bridgehead atoms. The van der Waals surface area contributed by atoms with Crippen LogP contribution in [-0.4, -0.2) is 36.8 Å². The molecule has 25 heavy (non-hydrogen) atoms. The summed E-state index contributed by atoms with van der Waals surface area (Å²) in [5.74, 6) is 0.991. The van der Waals surface area contributed by atoms with Crippen LogP contribution in [0.4, 0.5) is 0 Å². The Bertz CT molecular complexity index is 1080. The van der Waals surface area contributed by atoms with Crippen LogP contribution >= 0.6 is 0 Å². The summed E-state index contributed by atoms with van der Waals surface area (Å²) in [6.45, 7) is 0. The molecule has 0 aliphatic heterocycles. The number of nitrogens with two attached hydrogens (primary N) is 1. The minimum atomic E-state index is -0.0698. The van der Waals surface area contributed by atoms with Crippen molar-refractivity contribution in [3.05, 3.63) is 36.7 Å². The van der Waals surface area contributed by atoms with Crippen molar-refractivity contribution in [1.29, 1.82) is 0 Å². The molecule has 0 saturated heterocycles. The molecule has 3 N–H and O–H groups in total. The quantitative estimate of drug-likeness (QED) is 0.589. The second kappa shape index (κ2) is 5.18. The van der Waals surface area contributed by atoms with Gasteiger partial charge in [-0.05, 0) is 25.0 Å². The molecule has 1 fully saturated rings. The molecule has 0 spiro atoms. The number of rotatable bonds is 3. The fourth-order valence-corrected chi connectivity index (χ4v) is 3.04. The van der Waals surface area contributed by atoms with E-state index < -0.39 is 0 Å². The van der Waals surface area contributed by atoms with E-state index in [-0.39, 0.29) is 18.0 Å². The van der Waals surface area contributed by atoms with Crippen LogP contribution in [0.15, 0.2) is 41.1 Å². The summed E-state index contributed by atoms with van der Waals surface area (Å²) in [5.41, 5.74) is 7.69. The number of nitrogens with zero attached hydrogens (tertiary/aromatic N) is 4. The summed E-state index contributed by atoms with van der Waals surface area (Å²) < 4.78 is 13.3. The number of aromatic nitrogens is 4. The largest absolute Gasteiger partial charge is 0.493 e. The minimum absolute atomic E-state index is 0.0698. The molecule has 4 aromatic rings. The lowest BCUT2D eigenvalue weighted by Crippen LogP contribution is -2.43. The zero-order valence-corrected chi connectivity index (χ0v) is 13.2. The van der Waals surface area contributed by atoms with Crippen LogP contribution in [0.2, 0.25) is 0 Å². The molecule has 0 aromatic carbocycles. The van der Waals surface area contributed by atoms with Gasteiger partial charge in [-0.1, -0.05) is 0 Å². The Morgan fingerprint density at radius 3 is 2.92 bits per heavy atom. The smallest absolute Gasteiger partial charge is 0.232 e. The van der Waals surface area contributed by atoms with E-state index in [1.54, 1.807) is 28.9 Å². The van der Waals surface area contributed by atoms with E-state index in [2.05, 4.69) is 15.1 Å². The van der Waals surface area contributed by atoms with Crippen molar-refractivity contribution in [2.45, 2.75) is 25.0 Å². The number of ether oxygens (including phenoxy) is 1. The van der Waals surface area contributed by atoms with Crippen LogP contribution in [0, 0.1) is 0 Å². The zero-order valence-electron chi connectivity index (χ0n) is 13.2. The number of hydrogen-bond acceptors (Lipinski definition) is 7. The highest BCUT2D eigenvalue weighted by molar-refractivity contribution is 5.86. The maximum atomic E-state index is 9.85. The molecular weight excluding hydrogens is 322 g/mol. The van der Waals surface area contributed by atoms with Gasteiger partial charge >= 0.3 is 0 Å². The first-order valence-electron chi connectivity index (χ1n) is 8.02. The van der Waals surface area contributed by atoms with Crippen molar-refractivity contribution < 1.29 is 14.3 Å². The van der Waals surface area contributed by atoms with E-state index in [1.165, 1.54) is 6.20 Å². The van der Waals surface area contributed by atoms with Gasteiger partial charge in [-0.15, -0.1) is 5.10 Å². The van der Waals surface area contributed by atoms with Crippen molar-refractivity contribution in [2.24, 2.45) is 5.73 Å². The third-order valence-electron chi connectivity index (χ3n) is 4.43. The van der Waals surface area contributed by atoms with E-state index in [0.717, 1.165) is 12.8 Å². The van der Waals surface area contributed by atoms with Gasteiger partial charge in [-0.2, -0.15) is 0 Å². The Hall–Kier alpha value is -3.13. The summed E-state index contributed by atoms with van der Waals surface area (Å²) in [6.07, 6.45) is 4.96. The molecule has 4 heterocycles. The second-order valence-corrected chi connectivity index (χ2v) is 6.21. The van der Waals surface area contributed by atoms with Gasteiger partial charge in [0.05, 0.1) is 11.6 Å². The number of fused-ring (bicyclic) bond motifs is 2. The number of imidazole rings is 1. The zero-order chi connectivity index (χ0) is 17.0. The topological polar surface area (TPSA) is 112 Å². The molecule has 0 atom stereocenters. The molecule has 1 saturated carbocycles. The van der Waals surface area contributed by atoms with Crippen LogP contribution in [0.25, 0.3) is 28.1 Å². The predicted molar refractivity (Wildman–Crippen MR) is 89.3 cm³/mol. The molecule has 8 heteroatoms. The highest BCUT2D eigenvalue weighted by atomic mass is 16.5. The number of pyridine rings is 1. The number of aromatic hydroxyl groups is 1. The highest BCUT2D eigenvalue weighted by Gasteiger charge is 2.28. The van der Waals surface area contributed by atoms with Gasteiger partial charge in [0.2, 0.25) is 11.8 Å². The Kier molecular flexibility index (Phi) is 2.95. The van der Waals surface area contributed by atoms with E-state index >= 15 is 0 Å². The molecule has 4 aromatic heterocycles. The second-order valence-electron chi connectivity index (χ2n) is 6.21. The van der Waals surface area contributed by atoms with Crippen molar-refractivity contribution in [1.82, 2.24) is 19.6 Å². The maximum Gasteiger partial charge on any atom is 0.232 e. The first-order valence-corrected chi connectivity index (χ1v) is 8.02. The number of furan rings is 1. The fourth-order valence-electron chi connectivity index (χ4n) is 3.04. The third kappa shape index (κ3) is 2.30. The molecular formula is C17H15N5O3. The van der Waals surface area contributed by atoms with Crippen LogP contribution < -0.4 is 10.5 Å². The Morgan fingerprint density at radius 2 is 2.12 bits per heavy atom. The average Bonchev–Trinajstić information content (AvgIpc) is 3.17. The van der Waals surface area contributed by atoms with Gasteiger partial charge in [0.1, 0.15) is 17.4 Å². The lowest BCUT2D eigenvalue weighted by atomic mass is 9.90. The van der Waals surface area contributed by atoms with Crippen molar-refractivity contribution in [2.75, 3.05) is 0 Å². The van der Waals surface area contributed by atoms with Crippen LogP contribution in [0.3, 0.4) is 0 Å². The Labute approximate surface area is 141 Å². The van der Waals surface area contributed by atoms with Crippen LogP contribution in [0.1, 0.15) is 12.8 Å². The average molecular weight is 337 g/mol. The molecule has 8 nitrogen and oxygen atoms in total. The van der Waals surface area contributed by atoms with Gasteiger partial charge in [0.15, 0.2) is 11.4 Å². The SMILES string of the molecule is N[C@H]1C[C@H](Oc2ccc3ncc(-c4cc5c(O)nccc5o4)n3n2)C1. The summed E-state index contributed by atoms with van der Waals surface area (Å²) in [7, 11) is 0. The molecule has 0 unspecified atom stereocenters. The summed E-state index contributed by atoms with van der Waals surface area (Å²) >= 11 is 0. The predicted octanol–water partition coefficient (Wildman–Crippen LogP) is 2.11. The van der Waals surface area contributed by atoms with Gasteiger partial charge < -0.3 is 20.0 Å². The van der Waals surface area contributed by atoms with Gasteiger partial charge in [0, 0.05) is 24.4 Å². The highest BCUT2D eigenvalue weighted by Crippen LogP contribution is 2.32. The van der Waals surface area contributed by atoms with E-state index in [0.29, 0.717) is 34.0 Å². The fraction of sp³-hybridized carbons (Fsp3) is 0.235. The van der Waals surface area contributed by atoms with Crippen LogP contribution in [-0.2, 0) is 0 Å². The van der Waals surface area contributed by atoms with Gasteiger partial charge in [0.25, 0.3) is 0 Å². The Morgan fingerprint density at radius 1 is 1.24 bits per heavy atom. The van der Waals surface area contributed by atoms with Gasteiger partial charge in [-0.25, -0.2) is 14.5 Å². The van der Waals surface area contributed by atoms with E-state index in [4.69, 9.17) is 14.9 Å². The van der Waals surface area contributed by atoms with Crippen LogP contribution in [0.5, 0.6) is 11.8 Å². The van der Waals surface area contributed by atoms with E-state index in [1.807, 2.05) is 6.07 Å². The minimum Gasteiger partial charge on any atom is -0.493 e. The molecule has 0 radical (unpaired) electrons. The standard InChI is InChI=1S/C17H15N5O3/c18-9-5-10(6-9)24-16-2-1-15-20-8-12(22(15)21-16)14-7-11-13(25-14)3-4-19-17(11)23/h1-4,7-10H,5-6,18H2,(H,19,23)/t9-,10-. The van der Waals surface area contributed by atoms with Gasteiger partial charge in [-0.3, -0.25) is 0 Å². The van der Waals surface area contributed by atoms with Crippen molar-refractivity contribution in [3.63, 3.8) is 0 Å². The summed E-state index contributed by atoms with van der Waals surface area (Å²) in [6, 6.07) is 7.27. The molecule has 0 amide bonds. The Balaban J connectivity index is 1.56. The summed E-state index contributed by atoms with van der Waals surface area (Å²) in [5, 5.41) is 14.9. The molecule has 1 aliphatic rings. The molecule has 5 rings (SSSR count). The van der Waals surface area contributed by atoms with Crippen molar-refractivity contribution in [3.8, 4) is 23.2 Å². The molecule has 1 aliphatic carbocycles. The van der Waals surface area contributed by atoms with E-state index in [9.17, 15) is 5.11 Å².